The number of fused-ring (bicyclic) bond motifs is 1. The Balaban J connectivity index is 2.26. The van der Waals surface area contributed by atoms with Crippen LogP contribution >= 0.6 is 11.6 Å². The second-order valence-corrected chi connectivity index (χ2v) is 5.00. The van der Waals surface area contributed by atoms with E-state index in [9.17, 15) is 4.39 Å². The molecule has 0 aliphatic carbocycles. The standard InChI is InChI=1S/C15H13ClFN3/c1-20-13-6-5-9(8-18)7-12(13)19-15(20)10-3-2-4-11(17)14(10)16/h2-7H,8,18H2,1H3. The topological polar surface area (TPSA) is 43.8 Å². The predicted molar refractivity (Wildman–Crippen MR) is 79.0 cm³/mol. The van der Waals surface area contributed by atoms with Crippen molar-refractivity contribution >= 4 is 22.6 Å². The van der Waals surface area contributed by atoms with Gasteiger partial charge in [-0.05, 0) is 29.8 Å². The first-order valence-electron chi connectivity index (χ1n) is 6.21. The van der Waals surface area contributed by atoms with E-state index in [4.69, 9.17) is 17.3 Å². The number of aryl methyl sites for hydroxylation is 1. The van der Waals surface area contributed by atoms with Gasteiger partial charge in [0.1, 0.15) is 11.6 Å². The van der Waals surface area contributed by atoms with E-state index in [1.54, 1.807) is 12.1 Å². The lowest BCUT2D eigenvalue weighted by Crippen LogP contribution is -1.96. The SMILES string of the molecule is Cn1c(-c2cccc(F)c2Cl)nc2cc(CN)ccc21. The van der Waals surface area contributed by atoms with Crippen LogP contribution in [0.1, 0.15) is 5.56 Å². The van der Waals surface area contributed by atoms with Gasteiger partial charge < -0.3 is 10.3 Å². The lowest BCUT2D eigenvalue weighted by molar-refractivity contribution is 0.628. The number of benzene rings is 2. The zero-order chi connectivity index (χ0) is 14.3. The molecule has 0 saturated heterocycles. The van der Waals surface area contributed by atoms with Crippen LogP contribution in [-0.4, -0.2) is 9.55 Å². The predicted octanol–water partition coefficient (Wildman–Crippen LogP) is 3.49. The van der Waals surface area contributed by atoms with Crippen LogP contribution in [0.2, 0.25) is 5.02 Å². The fourth-order valence-corrected chi connectivity index (χ4v) is 2.50. The highest BCUT2D eigenvalue weighted by molar-refractivity contribution is 6.33. The summed E-state index contributed by atoms with van der Waals surface area (Å²) in [5.74, 6) is 0.192. The molecule has 0 spiro atoms. The quantitative estimate of drug-likeness (QED) is 0.785. The highest BCUT2D eigenvalue weighted by atomic mass is 35.5. The van der Waals surface area contributed by atoms with Crippen molar-refractivity contribution in [2.24, 2.45) is 12.8 Å². The fourth-order valence-electron chi connectivity index (χ4n) is 2.29. The van der Waals surface area contributed by atoms with Crippen LogP contribution in [0.25, 0.3) is 22.4 Å². The third-order valence-corrected chi connectivity index (χ3v) is 3.76. The Morgan fingerprint density at radius 3 is 2.85 bits per heavy atom. The van der Waals surface area contributed by atoms with Crippen molar-refractivity contribution in [1.29, 1.82) is 0 Å². The Kier molecular flexibility index (Phi) is 3.20. The van der Waals surface area contributed by atoms with Crippen LogP contribution in [0.5, 0.6) is 0 Å². The summed E-state index contributed by atoms with van der Waals surface area (Å²) in [4.78, 5) is 4.55. The number of imidazole rings is 1. The number of hydrogen-bond acceptors (Lipinski definition) is 2. The van der Waals surface area contributed by atoms with Gasteiger partial charge >= 0.3 is 0 Å². The molecule has 1 heterocycles. The Morgan fingerprint density at radius 2 is 2.10 bits per heavy atom. The highest BCUT2D eigenvalue weighted by Crippen LogP contribution is 2.31. The third-order valence-electron chi connectivity index (χ3n) is 3.37. The summed E-state index contributed by atoms with van der Waals surface area (Å²) in [5.41, 5.74) is 9.01. The van der Waals surface area contributed by atoms with E-state index in [0.717, 1.165) is 16.6 Å². The Hall–Kier alpha value is -1.91. The summed E-state index contributed by atoms with van der Waals surface area (Å²) in [6.45, 7) is 0.461. The molecular formula is C15H13ClFN3. The van der Waals surface area contributed by atoms with Crippen molar-refractivity contribution in [3.05, 3.63) is 52.8 Å². The van der Waals surface area contributed by atoms with Gasteiger partial charge in [0.05, 0.1) is 16.1 Å². The minimum absolute atomic E-state index is 0.0879. The first kappa shape index (κ1) is 13.1. The van der Waals surface area contributed by atoms with Crippen molar-refractivity contribution in [2.75, 3.05) is 0 Å². The molecule has 0 amide bonds. The van der Waals surface area contributed by atoms with E-state index in [0.29, 0.717) is 17.9 Å². The minimum atomic E-state index is -0.445. The molecule has 1 aromatic heterocycles. The molecule has 3 nitrogen and oxygen atoms in total. The van der Waals surface area contributed by atoms with Crippen LogP contribution < -0.4 is 5.73 Å². The third kappa shape index (κ3) is 1.97. The van der Waals surface area contributed by atoms with Crippen LogP contribution in [0.15, 0.2) is 36.4 Å². The van der Waals surface area contributed by atoms with E-state index in [2.05, 4.69) is 4.98 Å². The van der Waals surface area contributed by atoms with Gasteiger partial charge in [-0.15, -0.1) is 0 Å². The molecule has 0 aliphatic heterocycles. The molecule has 3 rings (SSSR count). The average molecular weight is 290 g/mol. The molecule has 5 heteroatoms. The number of aromatic nitrogens is 2. The van der Waals surface area contributed by atoms with E-state index in [1.165, 1.54) is 6.07 Å². The van der Waals surface area contributed by atoms with Gasteiger partial charge in [0, 0.05) is 19.2 Å². The van der Waals surface area contributed by atoms with Crippen molar-refractivity contribution in [1.82, 2.24) is 9.55 Å². The second kappa shape index (κ2) is 4.89. The molecule has 0 saturated carbocycles. The molecule has 20 heavy (non-hydrogen) atoms. The summed E-state index contributed by atoms with van der Waals surface area (Å²) < 4.78 is 15.5. The summed E-state index contributed by atoms with van der Waals surface area (Å²) in [6.07, 6.45) is 0. The zero-order valence-corrected chi connectivity index (χ0v) is 11.7. The molecule has 2 N–H and O–H groups in total. The molecule has 0 unspecified atom stereocenters. The maximum atomic E-state index is 13.6. The summed E-state index contributed by atoms with van der Waals surface area (Å²) in [5, 5.41) is 0.0879. The lowest BCUT2D eigenvalue weighted by atomic mass is 10.2. The summed E-state index contributed by atoms with van der Waals surface area (Å²) >= 11 is 6.04. The van der Waals surface area contributed by atoms with Gasteiger partial charge in [-0.2, -0.15) is 0 Å². The van der Waals surface area contributed by atoms with Gasteiger partial charge in [-0.25, -0.2) is 9.37 Å². The summed E-state index contributed by atoms with van der Waals surface area (Å²) in [6, 6.07) is 10.6. The van der Waals surface area contributed by atoms with Gasteiger partial charge in [0.25, 0.3) is 0 Å². The number of nitrogens with two attached hydrogens (primary N) is 1. The van der Waals surface area contributed by atoms with Gasteiger partial charge in [-0.1, -0.05) is 23.7 Å². The molecule has 102 valence electrons. The first-order valence-corrected chi connectivity index (χ1v) is 6.59. The molecule has 0 radical (unpaired) electrons. The normalized spacial score (nSPS) is 11.2. The minimum Gasteiger partial charge on any atom is -0.327 e. The average Bonchev–Trinajstić information content (AvgIpc) is 2.78. The van der Waals surface area contributed by atoms with Crippen molar-refractivity contribution < 1.29 is 4.39 Å². The molecular weight excluding hydrogens is 277 g/mol. The van der Waals surface area contributed by atoms with Crippen LogP contribution in [0.3, 0.4) is 0 Å². The highest BCUT2D eigenvalue weighted by Gasteiger charge is 2.15. The summed E-state index contributed by atoms with van der Waals surface area (Å²) in [7, 11) is 1.88. The molecule has 3 aromatic rings. The largest absolute Gasteiger partial charge is 0.327 e. The molecule has 0 atom stereocenters. The Morgan fingerprint density at radius 1 is 1.30 bits per heavy atom. The number of nitrogens with zero attached hydrogens (tertiary/aromatic N) is 2. The Labute approximate surface area is 120 Å². The van der Waals surface area contributed by atoms with Crippen molar-refractivity contribution in [3.63, 3.8) is 0 Å². The molecule has 2 aromatic carbocycles. The van der Waals surface area contributed by atoms with Crippen LogP contribution in [0, 0.1) is 5.82 Å². The maximum absolute atomic E-state index is 13.6. The van der Waals surface area contributed by atoms with Crippen LogP contribution in [-0.2, 0) is 13.6 Å². The number of rotatable bonds is 2. The molecule has 0 bridgehead atoms. The zero-order valence-electron chi connectivity index (χ0n) is 10.9. The van der Waals surface area contributed by atoms with Crippen molar-refractivity contribution in [3.8, 4) is 11.4 Å². The Bertz CT molecular complexity index is 795. The van der Waals surface area contributed by atoms with E-state index in [1.807, 2.05) is 29.8 Å². The smallest absolute Gasteiger partial charge is 0.142 e. The van der Waals surface area contributed by atoms with E-state index in [-0.39, 0.29) is 5.02 Å². The van der Waals surface area contributed by atoms with E-state index < -0.39 is 5.82 Å². The molecule has 0 aliphatic rings. The second-order valence-electron chi connectivity index (χ2n) is 4.62. The van der Waals surface area contributed by atoms with Gasteiger partial charge in [0.2, 0.25) is 0 Å². The van der Waals surface area contributed by atoms with Gasteiger partial charge in [0.15, 0.2) is 0 Å². The number of halogens is 2. The van der Waals surface area contributed by atoms with E-state index >= 15 is 0 Å². The molecule has 0 fully saturated rings. The lowest BCUT2D eigenvalue weighted by Gasteiger charge is -2.05. The first-order chi connectivity index (χ1) is 9.61. The number of hydrogen-bond donors (Lipinski definition) is 1. The van der Waals surface area contributed by atoms with Crippen molar-refractivity contribution in [2.45, 2.75) is 6.54 Å². The van der Waals surface area contributed by atoms with Crippen LogP contribution in [0.4, 0.5) is 4.39 Å². The monoisotopic (exact) mass is 289 g/mol. The fraction of sp³-hybridized carbons (Fsp3) is 0.133. The maximum Gasteiger partial charge on any atom is 0.142 e. The van der Waals surface area contributed by atoms with Gasteiger partial charge in [-0.3, -0.25) is 0 Å².